The number of carbonyl (C=O) groups is 1. The summed E-state index contributed by atoms with van der Waals surface area (Å²) in [4.78, 5) is 11.8. The first-order valence-electron chi connectivity index (χ1n) is 8.62. The summed E-state index contributed by atoms with van der Waals surface area (Å²) in [6.07, 6.45) is 1.78. The number of aromatic nitrogens is 1. The number of nitrogens with zero attached hydrogens (tertiary/aromatic N) is 2. The highest BCUT2D eigenvalue weighted by molar-refractivity contribution is 5.91. The normalized spacial score (nSPS) is 10.6. The van der Waals surface area contributed by atoms with Gasteiger partial charge in [-0.05, 0) is 49.4 Å². The SMILES string of the molecule is CCOC(=O)c1ccc(-n2cc(C#N)c3cc(OCCOC)ccc32)cc1. The van der Waals surface area contributed by atoms with Gasteiger partial charge in [0.25, 0.3) is 0 Å². The van der Waals surface area contributed by atoms with E-state index in [2.05, 4.69) is 6.07 Å². The lowest BCUT2D eigenvalue weighted by atomic mass is 10.2. The summed E-state index contributed by atoms with van der Waals surface area (Å²) in [6, 6.07) is 14.9. The fourth-order valence-corrected chi connectivity index (χ4v) is 2.82. The molecule has 0 atom stereocenters. The number of fused-ring (bicyclic) bond motifs is 1. The van der Waals surface area contributed by atoms with Gasteiger partial charge in [-0.3, -0.25) is 0 Å². The van der Waals surface area contributed by atoms with Crippen molar-refractivity contribution in [2.75, 3.05) is 26.9 Å². The molecule has 1 aromatic heterocycles. The topological polar surface area (TPSA) is 73.5 Å². The number of hydrogen-bond donors (Lipinski definition) is 0. The van der Waals surface area contributed by atoms with Crippen LogP contribution in [0.25, 0.3) is 16.6 Å². The maximum absolute atomic E-state index is 11.8. The molecule has 3 rings (SSSR count). The zero-order chi connectivity index (χ0) is 19.2. The molecule has 2 aromatic carbocycles. The molecule has 27 heavy (non-hydrogen) atoms. The Kier molecular flexibility index (Phi) is 5.74. The van der Waals surface area contributed by atoms with Crippen LogP contribution in [0.1, 0.15) is 22.8 Å². The Bertz CT molecular complexity index is 984. The summed E-state index contributed by atoms with van der Waals surface area (Å²) in [6.45, 7) is 3.05. The second-order valence-corrected chi connectivity index (χ2v) is 5.81. The van der Waals surface area contributed by atoms with Crippen molar-refractivity contribution in [2.24, 2.45) is 0 Å². The van der Waals surface area contributed by atoms with Gasteiger partial charge < -0.3 is 18.8 Å². The van der Waals surface area contributed by atoms with Crippen LogP contribution >= 0.6 is 0 Å². The van der Waals surface area contributed by atoms with E-state index < -0.39 is 0 Å². The highest BCUT2D eigenvalue weighted by Crippen LogP contribution is 2.28. The summed E-state index contributed by atoms with van der Waals surface area (Å²) in [5, 5.41) is 10.3. The minimum Gasteiger partial charge on any atom is -0.491 e. The van der Waals surface area contributed by atoms with Crippen LogP contribution in [0, 0.1) is 11.3 Å². The molecule has 6 nitrogen and oxygen atoms in total. The van der Waals surface area contributed by atoms with Gasteiger partial charge in [-0.15, -0.1) is 0 Å². The van der Waals surface area contributed by atoms with Crippen LogP contribution in [0.3, 0.4) is 0 Å². The molecule has 0 aliphatic rings. The Balaban J connectivity index is 1.95. The Morgan fingerprint density at radius 3 is 2.59 bits per heavy atom. The summed E-state index contributed by atoms with van der Waals surface area (Å²) >= 11 is 0. The summed E-state index contributed by atoms with van der Waals surface area (Å²) in [5.41, 5.74) is 2.78. The van der Waals surface area contributed by atoms with Gasteiger partial charge in [0.2, 0.25) is 0 Å². The van der Waals surface area contributed by atoms with E-state index in [0.717, 1.165) is 16.6 Å². The van der Waals surface area contributed by atoms with Gasteiger partial charge in [-0.1, -0.05) is 0 Å². The molecule has 0 radical (unpaired) electrons. The first-order valence-corrected chi connectivity index (χ1v) is 8.62. The molecule has 0 saturated carbocycles. The van der Waals surface area contributed by atoms with Crippen molar-refractivity contribution in [3.63, 3.8) is 0 Å². The van der Waals surface area contributed by atoms with Crippen molar-refractivity contribution in [1.82, 2.24) is 4.57 Å². The van der Waals surface area contributed by atoms with Gasteiger partial charge >= 0.3 is 5.97 Å². The molecule has 0 aliphatic carbocycles. The second kappa shape index (κ2) is 8.39. The number of carbonyl (C=O) groups excluding carboxylic acids is 1. The maximum atomic E-state index is 11.8. The maximum Gasteiger partial charge on any atom is 0.338 e. The van der Waals surface area contributed by atoms with Crippen LogP contribution in [-0.4, -0.2) is 37.5 Å². The number of hydrogen-bond acceptors (Lipinski definition) is 5. The number of benzene rings is 2. The van der Waals surface area contributed by atoms with E-state index in [9.17, 15) is 10.1 Å². The molecule has 0 fully saturated rings. The first kappa shape index (κ1) is 18.5. The second-order valence-electron chi connectivity index (χ2n) is 5.81. The lowest BCUT2D eigenvalue weighted by molar-refractivity contribution is 0.0526. The van der Waals surface area contributed by atoms with E-state index in [1.54, 1.807) is 32.4 Å². The molecule has 0 N–H and O–H groups in total. The number of rotatable bonds is 7. The van der Waals surface area contributed by atoms with E-state index in [1.807, 2.05) is 34.9 Å². The Morgan fingerprint density at radius 2 is 1.93 bits per heavy atom. The average Bonchev–Trinajstić information content (AvgIpc) is 3.06. The highest BCUT2D eigenvalue weighted by Gasteiger charge is 2.12. The third-order valence-corrected chi connectivity index (χ3v) is 4.11. The Hall–Kier alpha value is -3.30. The number of methoxy groups -OCH3 is 1. The van der Waals surface area contributed by atoms with Crippen molar-refractivity contribution in [1.29, 1.82) is 5.26 Å². The molecule has 0 bridgehead atoms. The molecular weight excluding hydrogens is 344 g/mol. The molecule has 138 valence electrons. The molecule has 0 amide bonds. The Labute approximate surface area is 157 Å². The van der Waals surface area contributed by atoms with E-state index >= 15 is 0 Å². The quantitative estimate of drug-likeness (QED) is 0.472. The van der Waals surface area contributed by atoms with Gasteiger partial charge in [0.15, 0.2) is 0 Å². The Morgan fingerprint density at radius 1 is 1.15 bits per heavy atom. The smallest absolute Gasteiger partial charge is 0.338 e. The average molecular weight is 364 g/mol. The minimum atomic E-state index is -0.350. The zero-order valence-corrected chi connectivity index (χ0v) is 15.3. The van der Waals surface area contributed by atoms with Crippen LogP contribution < -0.4 is 4.74 Å². The number of nitriles is 1. The largest absolute Gasteiger partial charge is 0.491 e. The molecule has 0 aliphatic heterocycles. The van der Waals surface area contributed by atoms with Gasteiger partial charge in [-0.2, -0.15) is 5.26 Å². The lowest BCUT2D eigenvalue weighted by Gasteiger charge is -2.08. The number of ether oxygens (including phenoxy) is 3. The molecule has 1 heterocycles. The zero-order valence-electron chi connectivity index (χ0n) is 15.3. The van der Waals surface area contributed by atoms with Crippen LogP contribution in [0.15, 0.2) is 48.7 Å². The van der Waals surface area contributed by atoms with Gasteiger partial charge in [0.1, 0.15) is 18.4 Å². The molecule has 0 unspecified atom stereocenters. The molecular formula is C21H20N2O4. The first-order chi connectivity index (χ1) is 13.2. The van der Waals surface area contributed by atoms with E-state index in [4.69, 9.17) is 14.2 Å². The predicted octanol–water partition coefficient (Wildman–Crippen LogP) is 3.70. The van der Waals surface area contributed by atoms with Crippen LogP contribution in [0.2, 0.25) is 0 Å². The minimum absolute atomic E-state index is 0.336. The number of esters is 1. The molecule has 6 heteroatoms. The van der Waals surface area contributed by atoms with Crippen molar-refractivity contribution >= 4 is 16.9 Å². The standard InChI is InChI=1S/C21H20N2O4/c1-3-26-21(24)15-4-6-17(7-5-15)23-14-16(13-22)19-12-18(8-9-20(19)23)27-11-10-25-2/h4-9,12,14H,3,10-11H2,1-2H3. The van der Waals surface area contributed by atoms with Crippen LogP contribution in [0.5, 0.6) is 5.75 Å². The molecule has 0 saturated heterocycles. The van der Waals surface area contributed by atoms with E-state index in [1.165, 1.54) is 0 Å². The van der Waals surface area contributed by atoms with Gasteiger partial charge in [-0.25, -0.2) is 4.79 Å². The third kappa shape index (κ3) is 3.94. The van der Waals surface area contributed by atoms with E-state index in [-0.39, 0.29) is 5.97 Å². The molecule has 3 aromatic rings. The van der Waals surface area contributed by atoms with Gasteiger partial charge in [0.05, 0.1) is 29.9 Å². The van der Waals surface area contributed by atoms with Crippen LogP contribution in [0.4, 0.5) is 0 Å². The highest BCUT2D eigenvalue weighted by atomic mass is 16.5. The summed E-state index contributed by atoms with van der Waals surface area (Å²) in [7, 11) is 1.62. The fraction of sp³-hybridized carbons (Fsp3) is 0.238. The van der Waals surface area contributed by atoms with Crippen molar-refractivity contribution < 1.29 is 19.0 Å². The third-order valence-electron chi connectivity index (χ3n) is 4.11. The van der Waals surface area contributed by atoms with Crippen molar-refractivity contribution in [2.45, 2.75) is 6.92 Å². The van der Waals surface area contributed by atoms with Crippen molar-refractivity contribution in [3.05, 3.63) is 59.8 Å². The lowest BCUT2D eigenvalue weighted by Crippen LogP contribution is -2.04. The summed E-state index contributed by atoms with van der Waals surface area (Å²) in [5.74, 6) is 0.337. The fourth-order valence-electron chi connectivity index (χ4n) is 2.82. The monoisotopic (exact) mass is 364 g/mol. The molecule has 0 spiro atoms. The summed E-state index contributed by atoms with van der Waals surface area (Å²) < 4.78 is 17.5. The van der Waals surface area contributed by atoms with Crippen LogP contribution in [-0.2, 0) is 9.47 Å². The van der Waals surface area contributed by atoms with E-state index in [0.29, 0.717) is 36.7 Å². The predicted molar refractivity (Wildman–Crippen MR) is 101 cm³/mol. The van der Waals surface area contributed by atoms with Crippen molar-refractivity contribution in [3.8, 4) is 17.5 Å². The van der Waals surface area contributed by atoms with Gasteiger partial charge in [0, 0.05) is 24.4 Å².